The standard InChI is InChI=1S/C17H20ClN3O3/c1-20-9-14(8-19-20)16-11-21(5-6-24-16)10-13-7-12(17(22)23-2)3-4-15(13)18/h3-4,7-9,16H,5-6,10-11H2,1-2H3/t16-/m1/s1. The fourth-order valence-electron chi connectivity index (χ4n) is 2.84. The number of nitrogens with zero attached hydrogens (tertiary/aromatic N) is 3. The summed E-state index contributed by atoms with van der Waals surface area (Å²) in [5.41, 5.74) is 2.48. The van der Waals surface area contributed by atoms with Gasteiger partial charge in [0.2, 0.25) is 0 Å². The first-order valence-corrected chi connectivity index (χ1v) is 8.14. The van der Waals surface area contributed by atoms with Crippen LogP contribution in [0.15, 0.2) is 30.6 Å². The molecule has 0 N–H and O–H groups in total. The van der Waals surface area contributed by atoms with Crippen molar-refractivity contribution >= 4 is 17.6 Å². The molecule has 0 aliphatic carbocycles. The van der Waals surface area contributed by atoms with Crippen LogP contribution in [0.5, 0.6) is 0 Å². The Kier molecular flexibility index (Phi) is 5.18. The molecular weight excluding hydrogens is 330 g/mol. The van der Waals surface area contributed by atoms with E-state index in [1.807, 2.05) is 19.4 Å². The second-order valence-electron chi connectivity index (χ2n) is 5.84. The Morgan fingerprint density at radius 1 is 1.50 bits per heavy atom. The highest BCUT2D eigenvalue weighted by Crippen LogP contribution is 2.25. The van der Waals surface area contributed by atoms with Gasteiger partial charge in [-0.1, -0.05) is 11.6 Å². The zero-order chi connectivity index (χ0) is 17.1. The summed E-state index contributed by atoms with van der Waals surface area (Å²) in [7, 11) is 3.26. The Hall–Kier alpha value is -1.89. The Labute approximate surface area is 145 Å². The first-order valence-electron chi connectivity index (χ1n) is 7.76. The smallest absolute Gasteiger partial charge is 0.337 e. The van der Waals surface area contributed by atoms with E-state index in [-0.39, 0.29) is 12.1 Å². The average Bonchev–Trinajstić information content (AvgIpc) is 3.03. The highest BCUT2D eigenvalue weighted by Gasteiger charge is 2.24. The van der Waals surface area contributed by atoms with Gasteiger partial charge in [0, 0.05) is 43.5 Å². The molecule has 2 heterocycles. The minimum absolute atomic E-state index is 0.00462. The Morgan fingerprint density at radius 3 is 3.04 bits per heavy atom. The molecule has 1 atom stereocenters. The molecular formula is C17H20ClN3O3. The molecule has 24 heavy (non-hydrogen) atoms. The van der Waals surface area contributed by atoms with Gasteiger partial charge in [0.1, 0.15) is 0 Å². The van der Waals surface area contributed by atoms with Gasteiger partial charge in [-0.05, 0) is 23.8 Å². The molecule has 6 nitrogen and oxygen atoms in total. The summed E-state index contributed by atoms with van der Waals surface area (Å²) in [5.74, 6) is -0.358. The molecule has 2 aromatic rings. The van der Waals surface area contributed by atoms with E-state index in [1.54, 1.807) is 22.9 Å². The monoisotopic (exact) mass is 349 g/mol. The molecule has 1 aromatic heterocycles. The summed E-state index contributed by atoms with van der Waals surface area (Å²) in [6, 6.07) is 5.21. The first kappa shape index (κ1) is 17.0. The van der Waals surface area contributed by atoms with Gasteiger partial charge >= 0.3 is 5.97 Å². The molecule has 1 fully saturated rings. The topological polar surface area (TPSA) is 56.6 Å². The number of morpholine rings is 1. The molecule has 0 spiro atoms. The third kappa shape index (κ3) is 3.77. The summed E-state index contributed by atoms with van der Waals surface area (Å²) in [6.45, 7) is 2.87. The number of ether oxygens (including phenoxy) is 2. The summed E-state index contributed by atoms with van der Waals surface area (Å²) >= 11 is 6.30. The molecule has 1 saturated heterocycles. The van der Waals surface area contributed by atoms with E-state index in [4.69, 9.17) is 21.1 Å². The molecule has 1 aliphatic heterocycles. The average molecular weight is 350 g/mol. The van der Waals surface area contributed by atoms with E-state index in [0.29, 0.717) is 23.7 Å². The van der Waals surface area contributed by atoms with Crippen molar-refractivity contribution in [1.29, 1.82) is 0 Å². The van der Waals surface area contributed by atoms with E-state index in [9.17, 15) is 4.79 Å². The van der Waals surface area contributed by atoms with Crippen LogP contribution in [0.4, 0.5) is 0 Å². The molecule has 7 heteroatoms. The molecule has 1 aliphatic rings. The Morgan fingerprint density at radius 2 is 2.33 bits per heavy atom. The van der Waals surface area contributed by atoms with Crippen LogP contribution in [0.2, 0.25) is 5.02 Å². The number of carbonyl (C=O) groups is 1. The maximum atomic E-state index is 11.7. The van der Waals surface area contributed by atoms with Crippen molar-refractivity contribution in [3.05, 3.63) is 52.3 Å². The predicted octanol–water partition coefficient (Wildman–Crippen LogP) is 2.43. The van der Waals surface area contributed by atoms with Crippen LogP contribution in [0.1, 0.15) is 27.6 Å². The summed E-state index contributed by atoms with van der Waals surface area (Å²) < 4.78 is 12.4. The zero-order valence-electron chi connectivity index (χ0n) is 13.7. The molecule has 3 rings (SSSR count). The van der Waals surface area contributed by atoms with E-state index in [1.165, 1.54) is 7.11 Å². The highest BCUT2D eigenvalue weighted by molar-refractivity contribution is 6.31. The van der Waals surface area contributed by atoms with Crippen molar-refractivity contribution < 1.29 is 14.3 Å². The van der Waals surface area contributed by atoms with Crippen LogP contribution in [0.25, 0.3) is 0 Å². The van der Waals surface area contributed by atoms with Crippen molar-refractivity contribution in [3.8, 4) is 0 Å². The van der Waals surface area contributed by atoms with Gasteiger partial charge in [-0.2, -0.15) is 5.10 Å². The van der Waals surface area contributed by atoms with Crippen molar-refractivity contribution in [2.45, 2.75) is 12.6 Å². The lowest BCUT2D eigenvalue weighted by atomic mass is 10.1. The first-order chi connectivity index (χ1) is 11.6. The van der Waals surface area contributed by atoms with E-state index >= 15 is 0 Å². The van der Waals surface area contributed by atoms with Crippen LogP contribution in [0.3, 0.4) is 0 Å². The van der Waals surface area contributed by atoms with Crippen LogP contribution < -0.4 is 0 Å². The number of carbonyl (C=O) groups excluding carboxylic acids is 1. The van der Waals surface area contributed by atoms with Gasteiger partial charge in [0.05, 0.1) is 31.6 Å². The number of hydrogen-bond donors (Lipinski definition) is 0. The SMILES string of the molecule is COC(=O)c1ccc(Cl)c(CN2CCO[C@@H](c3cnn(C)c3)C2)c1. The molecule has 0 radical (unpaired) electrons. The second-order valence-corrected chi connectivity index (χ2v) is 6.25. The number of hydrogen-bond acceptors (Lipinski definition) is 5. The van der Waals surface area contributed by atoms with E-state index < -0.39 is 0 Å². The van der Waals surface area contributed by atoms with E-state index in [0.717, 1.165) is 24.2 Å². The lowest BCUT2D eigenvalue weighted by molar-refractivity contribution is -0.0329. The second kappa shape index (κ2) is 7.34. The number of methoxy groups -OCH3 is 1. The quantitative estimate of drug-likeness (QED) is 0.793. The molecule has 0 saturated carbocycles. The third-order valence-corrected chi connectivity index (χ3v) is 4.48. The molecule has 0 amide bonds. The van der Waals surface area contributed by atoms with Gasteiger partial charge < -0.3 is 9.47 Å². The molecule has 0 unspecified atom stereocenters. The largest absolute Gasteiger partial charge is 0.465 e. The van der Waals surface area contributed by atoms with Crippen molar-refractivity contribution in [2.75, 3.05) is 26.8 Å². The fourth-order valence-corrected chi connectivity index (χ4v) is 3.01. The molecule has 0 bridgehead atoms. The lowest BCUT2D eigenvalue weighted by Gasteiger charge is -2.32. The van der Waals surface area contributed by atoms with Crippen LogP contribution in [-0.2, 0) is 23.1 Å². The van der Waals surface area contributed by atoms with Gasteiger partial charge in [-0.25, -0.2) is 4.79 Å². The summed E-state index contributed by atoms with van der Waals surface area (Å²) in [4.78, 5) is 14.0. The Bertz CT molecular complexity index is 732. The Balaban J connectivity index is 1.72. The number of benzene rings is 1. The highest BCUT2D eigenvalue weighted by atomic mass is 35.5. The van der Waals surface area contributed by atoms with Gasteiger partial charge in [-0.15, -0.1) is 0 Å². The van der Waals surface area contributed by atoms with Gasteiger partial charge in [0.15, 0.2) is 0 Å². The van der Waals surface area contributed by atoms with Crippen LogP contribution in [0, 0.1) is 0 Å². The predicted molar refractivity (Wildman–Crippen MR) is 90.0 cm³/mol. The van der Waals surface area contributed by atoms with Crippen molar-refractivity contribution in [3.63, 3.8) is 0 Å². The fraction of sp³-hybridized carbons (Fsp3) is 0.412. The number of esters is 1. The van der Waals surface area contributed by atoms with Gasteiger partial charge in [0.25, 0.3) is 0 Å². The minimum atomic E-state index is -0.358. The maximum absolute atomic E-state index is 11.7. The summed E-state index contributed by atoms with van der Waals surface area (Å²) in [5, 5.41) is 4.85. The van der Waals surface area contributed by atoms with Gasteiger partial charge in [-0.3, -0.25) is 9.58 Å². The number of rotatable bonds is 4. The summed E-state index contributed by atoms with van der Waals surface area (Å²) in [6.07, 6.45) is 3.80. The van der Waals surface area contributed by atoms with Crippen LogP contribution >= 0.6 is 11.6 Å². The third-order valence-electron chi connectivity index (χ3n) is 4.11. The lowest BCUT2D eigenvalue weighted by Crippen LogP contribution is -2.37. The van der Waals surface area contributed by atoms with Crippen molar-refractivity contribution in [2.24, 2.45) is 7.05 Å². The minimum Gasteiger partial charge on any atom is -0.465 e. The molecule has 128 valence electrons. The maximum Gasteiger partial charge on any atom is 0.337 e. The normalized spacial score (nSPS) is 18.5. The number of halogens is 1. The van der Waals surface area contributed by atoms with Crippen molar-refractivity contribution in [1.82, 2.24) is 14.7 Å². The molecule has 1 aromatic carbocycles. The zero-order valence-corrected chi connectivity index (χ0v) is 14.5. The van der Waals surface area contributed by atoms with Crippen LogP contribution in [-0.4, -0.2) is 47.5 Å². The number of aromatic nitrogens is 2. The number of aryl methyl sites for hydroxylation is 1. The van der Waals surface area contributed by atoms with E-state index in [2.05, 4.69) is 10.00 Å².